The summed E-state index contributed by atoms with van der Waals surface area (Å²) < 4.78 is 16.9. The minimum Gasteiger partial charge on any atom is -0.462 e. The summed E-state index contributed by atoms with van der Waals surface area (Å²) in [4.78, 5) is 38.3. The molecule has 0 spiro atoms. The van der Waals surface area contributed by atoms with Gasteiger partial charge >= 0.3 is 17.9 Å². The van der Waals surface area contributed by atoms with Crippen molar-refractivity contribution < 1.29 is 28.6 Å². The number of allylic oxidation sites excluding steroid dienone is 10. The van der Waals surface area contributed by atoms with E-state index < -0.39 is 6.10 Å². The average molecular weight is 1020 g/mol. The quantitative estimate of drug-likeness (QED) is 0.0261. The van der Waals surface area contributed by atoms with E-state index in [1.54, 1.807) is 0 Å². The number of rotatable bonds is 58. The zero-order valence-electron chi connectivity index (χ0n) is 48.7. The van der Waals surface area contributed by atoms with Crippen molar-refractivity contribution in [3.05, 3.63) is 60.8 Å². The first-order valence-corrected chi connectivity index (χ1v) is 31.8. The molecule has 0 aliphatic heterocycles. The second kappa shape index (κ2) is 61.7. The lowest BCUT2D eigenvalue weighted by Gasteiger charge is -2.18. The van der Waals surface area contributed by atoms with Crippen molar-refractivity contribution in [2.45, 2.75) is 335 Å². The summed E-state index contributed by atoms with van der Waals surface area (Å²) in [6, 6.07) is 0. The highest BCUT2D eigenvalue weighted by atomic mass is 16.6. The van der Waals surface area contributed by atoms with Crippen molar-refractivity contribution in [1.82, 2.24) is 0 Å². The average Bonchev–Trinajstić information content (AvgIpc) is 3.39. The number of hydrogen-bond donors (Lipinski definition) is 0. The van der Waals surface area contributed by atoms with Crippen LogP contribution >= 0.6 is 0 Å². The second-order valence-corrected chi connectivity index (χ2v) is 21.3. The van der Waals surface area contributed by atoms with E-state index in [1.165, 1.54) is 218 Å². The van der Waals surface area contributed by atoms with Gasteiger partial charge in [-0.15, -0.1) is 0 Å². The van der Waals surface area contributed by atoms with Gasteiger partial charge in [0.1, 0.15) is 13.2 Å². The second-order valence-electron chi connectivity index (χ2n) is 21.3. The lowest BCUT2D eigenvalue weighted by atomic mass is 10.0. The zero-order chi connectivity index (χ0) is 52.9. The lowest BCUT2D eigenvalue weighted by Crippen LogP contribution is -2.30. The number of hydrogen-bond acceptors (Lipinski definition) is 6. The summed E-state index contributed by atoms with van der Waals surface area (Å²) in [5, 5.41) is 0. The van der Waals surface area contributed by atoms with Gasteiger partial charge in [0.15, 0.2) is 6.10 Å². The maximum atomic E-state index is 12.9. The molecule has 0 saturated carbocycles. The van der Waals surface area contributed by atoms with Crippen LogP contribution in [-0.4, -0.2) is 37.2 Å². The van der Waals surface area contributed by atoms with Crippen LogP contribution in [0.25, 0.3) is 0 Å². The van der Waals surface area contributed by atoms with E-state index in [9.17, 15) is 14.4 Å². The van der Waals surface area contributed by atoms with Crippen LogP contribution in [0.1, 0.15) is 329 Å². The van der Waals surface area contributed by atoms with Crippen LogP contribution in [0, 0.1) is 0 Å². The first-order valence-electron chi connectivity index (χ1n) is 31.8. The van der Waals surface area contributed by atoms with Crippen LogP contribution in [0.15, 0.2) is 60.8 Å². The molecule has 0 aliphatic rings. The van der Waals surface area contributed by atoms with Crippen molar-refractivity contribution >= 4 is 17.9 Å². The normalized spacial score (nSPS) is 12.4. The van der Waals surface area contributed by atoms with Crippen LogP contribution in [0.3, 0.4) is 0 Å². The minimum atomic E-state index is -0.796. The van der Waals surface area contributed by atoms with Gasteiger partial charge in [0.25, 0.3) is 0 Å². The predicted molar refractivity (Wildman–Crippen MR) is 316 cm³/mol. The van der Waals surface area contributed by atoms with E-state index in [1.807, 2.05) is 0 Å². The summed E-state index contributed by atoms with van der Waals surface area (Å²) in [5.41, 5.74) is 0. The van der Waals surface area contributed by atoms with Crippen molar-refractivity contribution in [2.75, 3.05) is 13.2 Å². The van der Waals surface area contributed by atoms with Gasteiger partial charge in [0.2, 0.25) is 0 Å². The van der Waals surface area contributed by atoms with Gasteiger partial charge in [-0.3, -0.25) is 14.4 Å². The first kappa shape index (κ1) is 70.1. The summed E-state index contributed by atoms with van der Waals surface area (Å²) in [5.74, 6) is -0.931. The molecule has 0 aromatic carbocycles. The molecule has 0 aromatic rings. The molecule has 0 amide bonds. The number of carbonyl (C=O) groups is 3. The molecule has 0 unspecified atom stereocenters. The van der Waals surface area contributed by atoms with Crippen molar-refractivity contribution in [1.29, 1.82) is 0 Å². The Balaban J connectivity index is 4.41. The van der Waals surface area contributed by atoms with Crippen LogP contribution in [0.2, 0.25) is 0 Å². The highest BCUT2D eigenvalue weighted by Gasteiger charge is 2.19. The molecular weight excluding hydrogens is 901 g/mol. The highest BCUT2D eigenvalue weighted by Crippen LogP contribution is 2.17. The third kappa shape index (κ3) is 59.9. The molecule has 0 aromatic heterocycles. The number of esters is 3. The summed E-state index contributed by atoms with van der Waals surface area (Å²) >= 11 is 0. The van der Waals surface area contributed by atoms with E-state index in [-0.39, 0.29) is 37.5 Å². The van der Waals surface area contributed by atoms with Crippen LogP contribution in [0.4, 0.5) is 0 Å². The maximum absolute atomic E-state index is 12.9. The number of carbonyl (C=O) groups excluding carboxylic acids is 3. The van der Waals surface area contributed by atoms with Crippen molar-refractivity contribution in [3.8, 4) is 0 Å². The first-order chi connectivity index (χ1) is 36.0. The number of unbranched alkanes of at least 4 members (excludes halogenated alkanes) is 37. The molecule has 424 valence electrons. The Hall–Kier alpha value is -2.89. The Morgan fingerprint density at radius 2 is 0.507 bits per heavy atom. The summed E-state index contributed by atoms with van der Waals surface area (Å²) in [6.45, 7) is 6.61. The Morgan fingerprint density at radius 3 is 0.863 bits per heavy atom. The third-order valence-corrected chi connectivity index (χ3v) is 14.0. The predicted octanol–water partition coefficient (Wildman–Crippen LogP) is 21.6. The fourth-order valence-electron chi connectivity index (χ4n) is 9.20. The molecule has 0 bridgehead atoms. The number of ether oxygens (including phenoxy) is 3. The molecule has 0 saturated heterocycles. The molecule has 0 heterocycles. The lowest BCUT2D eigenvalue weighted by molar-refractivity contribution is -0.167. The smallest absolute Gasteiger partial charge is 0.306 e. The van der Waals surface area contributed by atoms with Crippen molar-refractivity contribution in [2.24, 2.45) is 0 Å². The largest absolute Gasteiger partial charge is 0.462 e. The summed E-state index contributed by atoms with van der Waals surface area (Å²) in [7, 11) is 0. The Labute approximate surface area is 453 Å². The molecule has 1 atom stereocenters. The fraction of sp³-hybridized carbons (Fsp3) is 0.806. The van der Waals surface area contributed by atoms with E-state index in [2.05, 4.69) is 81.5 Å². The van der Waals surface area contributed by atoms with Crippen LogP contribution in [0.5, 0.6) is 0 Å². The molecule has 0 aliphatic carbocycles. The monoisotopic (exact) mass is 1020 g/mol. The minimum absolute atomic E-state index is 0.0891. The molecule has 0 radical (unpaired) electrons. The standard InChI is InChI=1S/C67H120O6/c1-4-7-10-13-16-19-22-25-28-31-33-36-39-42-45-48-51-54-57-60-66(69)72-63-64(62-71-65(68)59-56-53-50-47-44-41-38-35-30-27-24-21-18-15-12-9-6-3)73-67(70)61-58-55-52-49-46-43-40-37-34-32-29-26-23-20-17-14-11-8-5-2/h18,21,25,27-28,30,38,41,47,50,64H,4-17,19-20,22-24,26,29,31-37,39-40,42-46,48-49,51-63H2,1-3H3/b21-18+,28-25+,30-27+,41-38+,50-47+/t64-/m1/s1. The van der Waals surface area contributed by atoms with Gasteiger partial charge in [0.05, 0.1) is 0 Å². The fourth-order valence-corrected chi connectivity index (χ4v) is 9.20. The molecular formula is C67H120O6. The van der Waals surface area contributed by atoms with Gasteiger partial charge in [0, 0.05) is 19.3 Å². The molecule has 6 nitrogen and oxygen atoms in total. The molecule has 0 rings (SSSR count). The maximum Gasteiger partial charge on any atom is 0.306 e. The third-order valence-electron chi connectivity index (χ3n) is 14.0. The van der Waals surface area contributed by atoms with E-state index in [0.717, 1.165) is 64.2 Å². The molecule has 73 heavy (non-hydrogen) atoms. The topological polar surface area (TPSA) is 78.9 Å². The Bertz CT molecular complexity index is 1310. The van der Waals surface area contributed by atoms with E-state index in [0.29, 0.717) is 19.3 Å². The van der Waals surface area contributed by atoms with Gasteiger partial charge in [-0.05, 0) is 83.5 Å². The van der Waals surface area contributed by atoms with Crippen LogP contribution in [-0.2, 0) is 28.6 Å². The van der Waals surface area contributed by atoms with Gasteiger partial charge in [-0.1, -0.05) is 287 Å². The SMILES string of the molecule is CCCCC/C=C/C/C=C/C/C=C/C/C=C/CCCC(=O)OC[C@H](COC(=O)CCCCCCCCCCC/C=C/CCCCCCCC)OC(=O)CCCCCCCCCCCCCCCCCCCCC. The highest BCUT2D eigenvalue weighted by molar-refractivity contribution is 5.71. The molecule has 6 heteroatoms. The van der Waals surface area contributed by atoms with Gasteiger partial charge in [-0.25, -0.2) is 0 Å². The molecule has 0 fully saturated rings. The van der Waals surface area contributed by atoms with E-state index >= 15 is 0 Å². The van der Waals surface area contributed by atoms with Gasteiger partial charge < -0.3 is 14.2 Å². The molecule has 0 N–H and O–H groups in total. The van der Waals surface area contributed by atoms with Crippen molar-refractivity contribution in [3.63, 3.8) is 0 Å². The Kier molecular flexibility index (Phi) is 59.2. The Morgan fingerprint density at radius 1 is 0.274 bits per heavy atom. The van der Waals surface area contributed by atoms with Crippen LogP contribution < -0.4 is 0 Å². The van der Waals surface area contributed by atoms with Gasteiger partial charge in [-0.2, -0.15) is 0 Å². The summed E-state index contributed by atoms with van der Waals surface area (Å²) in [6.07, 6.45) is 78.0. The van der Waals surface area contributed by atoms with E-state index in [4.69, 9.17) is 14.2 Å². The zero-order valence-corrected chi connectivity index (χ0v) is 48.7.